The zero-order valence-corrected chi connectivity index (χ0v) is 15.7. The molecule has 5 nitrogen and oxygen atoms in total. The largest absolute Gasteiger partial charge is 0.497 e. The molecule has 0 amide bonds. The number of aromatic amines is 1. The monoisotopic (exact) mass is 390 g/mol. The smallest absolute Gasteiger partial charge is 0.159 e. The minimum Gasteiger partial charge on any atom is -0.497 e. The van der Waals surface area contributed by atoms with Crippen molar-refractivity contribution in [3.63, 3.8) is 0 Å². The van der Waals surface area contributed by atoms with Crippen molar-refractivity contribution in [2.75, 3.05) is 7.11 Å². The third-order valence-electron chi connectivity index (χ3n) is 5.00. The fourth-order valence-electron chi connectivity index (χ4n) is 3.60. The van der Waals surface area contributed by atoms with E-state index in [1.165, 1.54) is 19.2 Å². The predicted molar refractivity (Wildman–Crippen MR) is 108 cm³/mol. The summed E-state index contributed by atoms with van der Waals surface area (Å²) in [5.74, 6) is -0.635. The number of rotatable bonds is 3. The van der Waals surface area contributed by atoms with Crippen molar-refractivity contribution < 1.29 is 13.5 Å². The lowest BCUT2D eigenvalue weighted by atomic mass is 10.0. The van der Waals surface area contributed by atoms with Crippen LogP contribution in [0.25, 0.3) is 44.6 Å². The maximum absolute atomic E-state index is 14.6. The summed E-state index contributed by atoms with van der Waals surface area (Å²) in [7, 11) is 3.19. The SMILES string of the molecule is COc1cc(F)c(-c2ccc3c(c2)c(-c2nc4ccccc4[nH]2)nn3C)c(F)c1. The highest BCUT2D eigenvalue weighted by molar-refractivity contribution is 5.96. The van der Waals surface area contributed by atoms with Crippen LogP contribution in [0.2, 0.25) is 0 Å². The van der Waals surface area contributed by atoms with Crippen LogP contribution in [-0.2, 0) is 7.05 Å². The number of hydrogen-bond acceptors (Lipinski definition) is 3. The number of H-pyrrole nitrogens is 1. The van der Waals surface area contributed by atoms with Gasteiger partial charge in [0, 0.05) is 24.6 Å². The molecule has 0 spiro atoms. The van der Waals surface area contributed by atoms with Crippen molar-refractivity contribution in [3.05, 3.63) is 66.2 Å². The van der Waals surface area contributed by atoms with Crippen molar-refractivity contribution in [2.45, 2.75) is 0 Å². The van der Waals surface area contributed by atoms with Crippen LogP contribution in [0.5, 0.6) is 5.75 Å². The highest BCUT2D eigenvalue weighted by Gasteiger charge is 2.18. The lowest BCUT2D eigenvalue weighted by Gasteiger charge is -2.08. The van der Waals surface area contributed by atoms with Crippen LogP contribution < -0.4 is 4.74 Å². The van der Waals surface area contributed by atoms with Crippen molar-refractivity contribution in [3.8, 4) is 28.4 Å². The molecule has 0 saturated carbocycles. The highest BCUT2D eigenvalue weighted by Crippen LogP contribution is 2.34. The van der Waals surface area contributed by atoms with Gasteiger partial charge in [-0.2, -0.15) is 5.10 Å². The van der Waals surface area contributed by atoms with E-state index in [0.29, 0.717) is 17.1 Å². The van der Waals surface area contributed by atoms with Crippen LogP contribution >= 0.6 is 0 Å². The summed E-state index contributed by atoms with van der Waals surface area (Å²) in [6.07, 6.45) is 0. The van der Waals surface area contributed by atoms with Gasteiger partial charge in [-0.05, 0) is 29.8 Å². The van der Waals surface area contributed by atoms with E-state index in [-0.39, 0.29) is 11.3 Å². The molecule has 1 N–H and O–H groups in total. The number of benzene rings is 3. The summed E-state index contributed by atoms with van der Waals surface area (Å²) >= 11 is 0. The zero-order valence-electron chi connectivity index (χ0n) is 15.7. The quantitative estimate of drug-likeness (QED) is 0.468. The van der Waals surface area contributed by atoms with Crippen LogP contribution in [-0.4, -0.2) is 26.9 Å². The number of fused-ring (bicyclic) bond motifs is 2. The second-order valence-electron chi connectivity index (χ2n) is 6.77. The van der Waals surface area contributed by atoms with Crippen LogP contribution in [0.1, 0.15) is 0 Å². The molecule has 7 heteroatoms. The summed E-state index contributed by atoms with van der Waals surface area (Å²) < 4.78 is 35.9. The fraction of sp³-hybridized carbons (Fsp3) is 0.0909. The van der Waals surface area contributed by atoms with Gasteiger partial charge in [0.15, 0.2) is 5.82 Å². The second kappa shape index (κ2) is 6.41. The van der Waals surface area contributed by atoms with E-state index in [0.717, 1.165) is 21.9 Å². The van der Waals surface area contributed by atoms with Gasteiger partial charge in [0.05, 0.1) is 29.2 Å². The Hall–Kier alpha value is -3.74. The van der Waals surface area contributed by atoms with Crippen LogP contribution in [0, 0.1) is 11.6 Å². The molecule has 29 heavy (non-hydrogen) atoms. The number of para-hydroxylation sites is 2. The Kier molecular flexibility index (Phi) is 3.84. The minimum atomic E-state index is -0.685. The van der Waals surface area contributed by atoms with Gasteiger partial charge in [0.2, 0.25) is 0 Å². The van der Waals surface area contributed by atoms with Crippen molar-refractivity contribution in [1.82, 2.24) is 19.7 Å². The van der Waals surface area contributed by atoms with E-state index >= 15 is 0 Å². The van der Waals surface area contributed by atoms with Gasteiger partial charge in [-0.3, -0.25) is 4.68 Å². The number of imidazole rings is 1. The minimum absolute atomic E-state index is 0.105. The van der Waals surface area contributed by atoms with Gasteiger partial charge in [-0.1, -0.05) is 18.2 Å². The van der Waals surface area contributed by atoms with Gasteiger partial charge in [0.1, 0.15) is 23.1 Å². The number of halogens is 2. The number of methoxy groups -OCH3 is 1. The molecule has 3 aromatic carbocycles. The van der Waals surface area contributed by atoms with Crippen LogP contribution in [0.3, 0.4) is 0 Å². The molecule has 144 valence electrons. The van der Waals surface area contributed by atoms with E-state index in [2.05, 4.69) is 15.1 Å². The van der Waals surface area contributed by atoms with Gasteiger partial charge < -0.3 is 9.72 Å². The zero-order chi connectivity index (χ0) is 20.1. The molecule has 0 saturated heterocycles. The van der Waals surface area contributed by atoms with E-state index in [9.17, 15) is 8.78 Å². The van der Waals surface area contributed by atoms with Gasteiger partial charge in [-0.15, -0.1) is 0 Å². The first-order valence-electron chi connectivity index (χ1n) is 9.00. The molecular weight excluding hydrogens is 374 g/mol. The number of hydrogen-bond donors (Lipinski definition) is 1. The maximum Gasteiger partial charge on any atom is 0.159 e. The Morgan fingerprint density at radius 2 is 1.76 bits per heavy atom. The Morgan fingerprint density at radius 1 is 1.00 bits per heavy atom. The Balaban J connectivity index is 1.72. The Morgan fingerprint density at radius 3 is 2.48 bits per heavy atom. The molecule has 0 fully saturated rings. The molecule has 0 aliphatic heterocycles. The lowest BCUT2D eigenvalue weighted by Crippen LogP contribution is -1.93. The molecule has 5 aromatic rings. The van der Waals surface area contributed by atoms with Crippen molar-refractivity contribution in [1.29, 1.82) is 0 Å². The Labute approximate surface area is 164 Å². The molecule has 2 heterocycles. The molecule has 0 atom stereocenters. The van der Waals surface area contributed by atoms with Gasteiger partial charge in [-0.25, -0.2) is 13.8 Å². The summed E-state index contributed by atoms with van der Waals surface area (Å²) in [4.78, 5) is 7.87. The summed E-state index contributed by atoms with van der Waals surface area (Å²) in [5.41, 5.74) is 3.48. The van der Waals surface area contributed by atoms with E-state index < -0.39 is 11.6 Å². The maximum atomic E-state index is 14.6. The third-order valence-corrected chi connectivity index (χ3v) is 5.00. The number of nitrogens with one attached hydrogen (secondary N) is 1. The first-order chi connectivity index (χ1) is 14.0. The molecule has 0 radical (unpaired) electrons. The van der Waals surface area contributed by atoms with E-state index in [4.69, 9.17) is 4.74 Å². The predicted octanol–water partition coefficient (Wildman–Crippen LogP) is 5.07. The Bertz CT molecular complexity index is 1330. The lowest BCUT2D eigenvalue weighted by molar-refractivity contribution is 0.407. The average molecular weight is 390 g/mol. The molecule has 0 bridgehead atoms. The standard InChI is InChI=1S/C22H16F2N4O/c1-28-19-8-7-12(20-15(23)10-13(29-2)11-16(20)24)9-14(19)21(27-28)22-25-17-5-3-4-6-18(17)26-22/h3-11H,1-2H3,(H,25,26). The summed E-state index contributed by atoms with van der Waals surface area (Å²) in [5, 5.41) is 5.33. The van der Waals surface area contributed by atoms with Gasteiger partial charge in [0.25, 0.3) is 0 Å². The van der Waals surface area contributed by atoms with Gasteiger partial charge >= 0.3 is 0 Å². The number of aryl methyl sites for hydroxylation is 1. The molecule has 0 unspecified atom stereocenters. The summed E-state index contributed by atoms with van der Waals surface area (Å²) in [6.45, 7) is 0. The van der Waals surface area contributed by atoms with E-state index in [1.54, 1.807) is 22.9 Å². The highest BCUT2D eigenvalue weighted by atomic mass is 19.1. The molecular formula is C22H16F2N4O. The van der Waals surface area contributed by atoms with Crippen LogP contribution in [0.15, 0.2) is 54.6 Å². The molecule has 0 aliphatic carbocycles. The van der Waals surface area contributed by atoms with Crippen molar-refractivity contribution in [2.24, 2.45) is 7.05 Å². The third kappa shape index (κ3) is 2.74. The molecule has 5 rings (SSSR count). The van der Waals surface area contributed by atoms with E-state index in [1.807, 2.05) is 31.3 Å². The number of aromatic nitrogens is 4. The normalized spacial score (nSPS) is 11.4. The number of ether oxygens (including phenoxy) is 1. The first-order valence-corrected chi connectivity index (χ1v) is 9.00. The molecule has 2 aromatic heterocycles. The van der Waals surface area contributed by atoms with Crippen molar-refractivity contribution >= 4 is 21.9 Å². The summed E-state index contributed by atoms with van der Waals surface area (Å²) in [6, 6.07) is 15.2. The molecule has 0 aliphatic rings. The van der Waals surface area contributed by atoms with Crippen LogP contribution in [0.4, 0.5) is 8.78 Å². The topological polar surface area (TPSA) is 55.7 Å². The average Bonchev–Trinajstić information content (AvgIpc) is 3.28. The first kappa shape index (κ1) is 17.4. The second-order valence-corrected chi connectivity index (χ2v) is 6.77. The fourth-order valence-corrected chi connectivity index (χ4v) is 3.60. The number of nitrogens with zero attached hydrogens (tertiary/aromatic N) is 3.